The molecule has 3 aromatic rings. The molecule has 116 valence electrons. The first kappa shape index (κ1) is 14.7. The van der Waals surface area contributed by atoms with E-state index in [0.717, 1.165) is 46.8 Å². The minimum Gasteiger partial charge on any atom is -0.454 e. The summed E-state index contributed by atoms with van der Waals surface area (Å²) < 4.78 is 6.58. The largest absolute Gasteiger partial charge is 0.454 e. The Morgan fingerprint density at radius 2 is 2.04 bits per heavy atom. The number of halogens is 1. The summed E-state index contributed by atoms with van der Waals surface area (Å²) >= 11 is 2.19. The molecule has 1 aliphatic heterocycles. The third kappa shape index (κ3) is 3.25. The smallest absolute Gasteiger partial charge is 0.164 e. The summed E-state index contributed by atoms with van der Waals surface area (Å²) in [7, 11) is 0. The zero-order chi connectivity index (χ0) is 15.6. The second kappa shape index (κ2) is 6.32. The van der Waals surface area contributed by atoms with Crippen molar-refractivity contribution in [3.8, 4) is 11.4 Å². The van der Waals surface area contributed by atoms with Crippen molar-refractivity contribution >= 4 is 22.6 Å². The van der Waals surface area contributed by atoms with E-state index in [9.17, 15) is 0 Å². The van der Waals surface area contributed by atoms with E-state index in [2.05, 4.69) is 47.4 Å². The van der Waals surface area contributed by atoms with Crippen LogP contribution in [0.15, 0.2) is 41.5 Å². The standard InChI is InChI=1S/C16H14IN5O/c17-15-2-1-13(23-15)9-22-4-3-14-12(8-22)7-20-16(21-14)11-5-18-10-19-6-11/h1-2,5-7,10H,3-4,8-9H2. The molecule has 3 aromatic heterocycles. The van der Waals surface area contributed by atoms with Gasteiger partial charge in [0.25, 0.3) is 0 Å². The Kier molecular flexibility index (Phi) is 4.04. The molecule has 0 amide bonds. The summed E-state index contributed by atoms with van der Waals surface area (Å²) in [6, 6.07) is 4.03. The predicted octanol–water partition coefficient (Wildman–Crippen LogP) is 2.69. The van der Waals surface area contributed by atoms with E-state index in [0.29, 0.717) is 5.82 Å². The SMILES string of the molecule is Ic1ccc(CN2CCc3nc(-c4cncnc4)ncc3C2)o1. The van der Waals surface area contributed by atoms with Gasteiger partial charge in [-0.1, -0.05) is 0 Å². The summed E-state index contributed by atoms with van der Waals surface area (Å²) in [6.45, 7) is 2.63. The van der Waals surface area contributed by atoms with Crippen LogP contribution >= 0.6 is 22.6 Å². The summed E-state index contributed by atoms with van der Waals surface area (Å²) in [5.41, 5.74) is 3.14. The number of nitrogens with zero attached hydrogens (tertiary/aromatic N) is 5. The van der Waals surface area contributed by atoms with E-state index >= 15 is 0 Å². The number of aromatic nitrogens is 4. The number of rotatable bonds is 3. The molecular formula is C16H14IN5O. The summed E-state index contributed by atoms with van der Waals surface area (Å²) in [4.78, 5) is 19.6. The molecule has 4 heterocycles. The molecule has 0 aromatic carbocycles. The molecule has 0 unspecified atom stereocenters. The third-order valence-electron chi connectivity index (χ3n) is 3.84. The molecule has 0 atom stereocenters. The lowest BCUT2D eigenvalue weighted by Crippen LogP contribution is -2.30. The Balaban J connectivity index is 1.52. The van der Waals surface area contributed by atoms with E-state index < -0.39 is 0 Å². The molecule has 4 rings (SSSR count). The molecule has 0 radical (unpaired) electrons. The Labute approximate surface area is 147 Å². The maximum absolute atomic E-state index is 5.65. The van der Waals surface area contributed by atoms with Crippen LogP contribution in [0.1, 0.15) is 17.0 Å². The van der Waals surface area contributed by atoms with Gasteiger partial charge in [-0.2, -0.15) is 0 Å². The number of furan rings is 1. The molecule has 0 saturated carbocycles. The molecular weight excluding hydrogens is 405 g/mol. The van der Waals surface area contributed by atoms with E-state index in [1.165, 1.54) is 11.9 Å². The third-order valence-corrected chi connectivity index (χ3v) is 4.42. The molecule has 1 aliphatic rings. The number of hydrogen-bond acceptors (Lipinski definition) is 6. The quantitative estimate of drug-likeness (QED) is 0.609. The zero-order valence-electron chi connectivity index (χ0n) is 12.3. The van der Waals surface area contributed by atoms with Gasteiger partial charge in [0.05, 0.1) is 17.8 Å². The van der Waals surface area contributed by atoms with Crippen LogP contribution in [0.4, 0.5) is 0 Å². The van der Waals surface area contributed by atoms with Crippen LogP contribution in [-0.4, -0.2) is 31.4 Å². The molecule has 0 aliphatic carbocycles. The van der Waals surface area contributed by atoms with Gasteiger partial charge < -0.3 is 4.42 Å². The highest BCUT2D eigenvalue weighted by Gasteiger charge is 2.19. The summed E-state index contributed by atoms with van der Waals surface area (Å²) in [5, 5.41) is 0. The van der Waals surface area contributed by atoms with Gasteiger partial charge in [0.1, 0.15) is 12.1 Å². The van der Waals surface area contributed by atoms with Crippen LogP contribution in [0.2, 0.25) is 0 Å². The van der Waals surface area contributed by atoms with Crippen molar-refractivity contribution in [2.24, 2.45) is 0 Å². The first-order chi connectivity index (χ1) is 11.3. The van der Waals surface area contributed by atoms with Gasteiger partial charge in [-0.3, -0.25) is 4.90 Å². The minimum absolute atomic E-state index is 0.693. The Bertz CT molecular complexity index is 820. The lowest BCUT2D eigenvalue weighted by molar-refractivity contribution is 0.222. The van der Waals surface area contributed by atoms with Crippen LogP contribution in [0, 0.1) is 3.77 Å². The molecule has 7 heteroatoms. The second-order valence-electron chi connectivity index (χ2n) is 5.46. The van der Waals surface area contributed by atoms with Gasteiger partial charge in [-0.25, -0.2) is 19.9 Å². The van der Waals surface area contributed by atoms with Crippen LogP contribution in [0.3, 0.4) is 0 Å². The van der Waals surface area contributed by atoms with Crippen molar-refractivity contribution in [2.75, 3.05) is 6.54 Å². The monoisotopic (exact) mass is 419 g/mol. The fourth-order valence-corrected chi connectivity index (χ4v) is 3.18. The van der Waals surface area contributed by atoms with Gasteiger partial charge in [0.2, 0.25) is 0 Å². The maximum Gasteiger partial charge on any atom is 0.164 e. The van der Waals surface area contributed by atoms with Crippen molar-refractivity contribution in [1.82, 2.24) is 24.8 Å². The molecule has 0 bridgehead atoms. The number of fused-ring (bicyclic) bond motifs is 1. The molecule has 23 heavy (non-hydrogen) atoms. The highest BCUT2D eigenvalue weighted by atomic mass is 127. The van der Waals surface area contributed by atoms with Crippen molar-refractivity contribution in [3.05, 3.63) is 57.8 Å². The van der Waals surface area contributed by atoms with Crippen molar-refractivity contribution < 1.29 is 4.42 Å². The van der Waals surface area contributed by atoms with E-state index in [1.807, 2.05) is 18.3 Å². The maximum atomic E-state index is 5.65. The van der Waals surface area contributed by atoms with Crippen LogP contribution < -0.4 is 0 Å². The molecule has 0 saturated heterocycles. The van der Waals surface area contributed by atoms with E-state index in [-0.39, 0.29) is 0 Å². The van der Waals surface area contributed by atoms with Crippen LogP contribution in [0.25, 0.3) is 11.4 Å². The van der Waals surface area contributed by atoms with Gasteiger partial charge in [-0.15, -0.1) is 0 Å². The lowest BCUT2D eigenvalue weighted by Gasteiger charge is -2.27. The van der Waals surface area contributed by atoms with Crippen molar-refractivity contribution in [1.29, 1.82) is 0 Å². The Morgan fingerprint density at radius 3 is 2.83 bits per heavy atom. The van der Waals surface area contributed by atoms with Crippen LogP contribution in [0.5, 0.6) is 0 Å². The normalized spacial score (nSPS) is 14.7. The average Bonchev–Trinajstić information content (AvgIpc) is 3.00. The van der Waals surface area contributed by atoms with Gasteiger partial charge in [-0.05, 0) is 34.7 Å². The van der Waals surface area contributed by atoms with Gasteiger partial charge in [0.15, 0.2) is 9.59 Å². The lowest BCUT2D eigenvalue weighted by atomic mass is 10.1. The van der Waals surface area contributed by atoms with Gasteiger partial charge >= 0.3 is 0 Å². The highest BCUT2D eigenvalue weighted by Crippen LogP contribution is 2.22. The molecule has 0 spiro atoms. The minimum atomic E-state index is 0.693. The summed E-state index contributed by atoms with van der Waals surface area (Å²) in [5.74, 6) is 1.69. The zero-order valence-corrected chi connectivity index (χ0v) is 14.5. The Morgan fingerprint density at radius 1 is 1.17 bits per heavy atom. The fraction of sp³-hybridized carbons (Fsp3) is 0.250. The van der Waals surface area contributed by atoms with E-state index in [1.54, 1.807) is 12.4 Å². The average molecular weight is 419 g/mol. The molecule has 0 fully saturated rings. The van der Waals surface area contributed by atoms with Crippen molar-refractivity contribution in [3.63, 3.8) is 0 Å². The molecule has 0 N–H and O–H groups in total. The predicted molar refractivity (Wildman–Crippen MR) is 92.3 cm³/mol. The topological polar surface area (TPSA) is 67.9 Å². The number of hydrogen-bond donors (Lipinski definition) is 0. The van der Waals surface area contributed by atoms with E-state index in [4.69, 9.17) is 4.42 Å². The molecule has 6 nitrogen and oxygen atoms in total. The highest BCUT2D eigenvalue weighted by molar-refractivity contribution is 14.1. The summed E-state index contributed by atoms with van der Waals surface area (Å²) in [6.07, 6.45) is 7.82. The van der Waals surface area contributed by atoms with Crippen molar-refractivity contribution in [2.45, 2.75) is 19.5 Å². The van der Waals surface area contributed by atoms with Crippen LogP contribution in [-0.2, 0) is 19.5 Å². The fourth-order valence-electron chi connectivity index (χ4n) is 2.72. The van der Waals surface area contributed by atoms with Gasteiger partial charge in [0, 0.05) is 43.7 Å². The first-order valence-corrected chi connectivity index (χ1v) is 8.42. The first-order valence-electron chi connectivity index (χ1n) is 7.35. The Hall–Kier alpha value is -1.87. The second-order valence-corrected chi connectivity index (χ2v) is 6.52.